The van der Waals surface area contributed by atoms with Crippen LogP contribution in [-0.4, -0.2) is 116 Å². The Morgan fingerprint density at radius 3 is 2.13 bits per heavy atom. The van der Waals surface area contributed by atoms with E-state index in [1.165, 1.54) is 6.26 Å². The number of sulfone groups is 1. The van der Waals surface area contributed by atoms with Crippen LogP contribution in [0.1, 0.15) is 60.8 Å². The lowest BCUT2D eigenvalue weighted by molar-refractivity contribution is 0.0696. The molecule has 3 saturated heterocycles. The highest BCUT2D eigenvalue weighted by Gasteiger charge is 2.41. The standard InChI is InChI=1S/C57H68ClN5O10P2S2/c1-40(2)63-41(3)54(57(64)65)55(56(63)44-13-16-47(58)17-14-44)46-9-8-10-50(36-46)61-31-29-60(30-32-61)48-18-20-49(21-19-48)62-33-34-72-74(62,66)51-22-15-45(53(37-51)77(4,70)71)35-43(39-76-52-11-6-5-7-12-52)25-28-59-26-23-42(24-27-59)38-73-75(67,68)69/h5-22,36-37,40,42-43H,23-35,38-39H2,1-4H3,(H,64,65)(H2,67,68,69)/t43-,74-/m0/s1. The number of carboxylic acids is 1. The Morgan fingerprint density at radius 2 is 1.49 bits per heavy atom. The van der Waals surface area contributed by atoms with E-state index in [9.17, 15) is 22.9 Å². The number of benzene rings is 5. The lowest BCUT2D eigenvalue weighted by Crippen LogP contribution is -2.46. The lowest BCUT2D eigenvalue weighted by Gasteiger charge is -2.37. The number of carbonyl (C=O) groups is 1. The van der Waals surface area contributed by atoms with E-state index < -0.39 is 31.1 Å². The summed E-state index contributed by atoms with van der Waals surface area (Å²) in [6, 6.07) is 38.9. The molecule has 5 aromatic carbocycles. The van der Waals surface area contributed by atoms with Gasteiger partial charge in [-0.1, -0.05) is 60.1 Å². The summed E-state index contributed by atoms with van der Waals surface area (Å²) in [6.45, 7) is 11.9. The minimum Gasteiger partial charge on any atom is -0.478 e. The highest BCUT2D eigenvalue weighted by atomic mass is 35.5. The lowest BCUT2D eigenvalue weighted by atomic mass is 9.95. The van der Waals surface area contributed by atoms with Gasteiger partial charge in [0.15, 0.2) is 9.84 Å². The Bertz CT molecular complexity index is 3250. The van der Waals surface area contributed by atoms with Gasteiger partial charge in [0, 0.05) is 82.5 Å². The number of phosphoric acid groups is 1. The van der Waals surface area contributed by atoms with Crippen LogP contribution in [-0.2, 0) is 34.4 Å². The molecule has 3 aliphatic heterocycles. The second-order valence-electron chi connectivity index (χ2n) is 20.6. The molecule has 0 bridgehead atoms. The number of phosphoric ester groups is 1. The average molecular weight is 1140 g/mol. The van der Waals surface area contributed by atoms with E-state index in [0.29, 0.717) is 45.8 Å². The molecule has 6 aromatic rings. The molecule has 0 spiro atoms. The zero-order chi connectivity index (χ0) is 54.6. The topological polar surface area (TPSA) is 182 Å². The van der Waals surface area contributed by atoms with Crippen LogP contribution < -0.4 is 19.8 Å². The summed E-state index contributed by atoms with van der Waals surface area (Å²) in [7, 11) is -12.0. The van der Waals surface area contributed by atoms with Crippen LogP contribution in [0.2, 0.25) is 5.02 Å². The van der Waals surface area contributed by atoms with Gasteiger partial charge in [-0.25, -0.2) is 17.8 Å². The largest absolute Gasteiger partial charge is 0.478 e. The zero-order valence-corrected chi connectivity index (χ0v) is 48.1. The number of thioether (sulfide) groups is 1. The number of hydrogen-bond acceptors (Lipinski definition) is 11. The Morgan fingerprint density at radius 1 is 0.831 bits per heavy atom. The molecule has 4 heterocycles. The number of piperazine rings is 1. The highest BCUT2D eigenvalue weighted by molar-refractivity contribution is 7.99. The Hall–Kier alpha value is -4.90. The van der Waals surface area contributed by atoms with E-state index in [4.69, 9.17) is 30.4 Å². The Labute approximate surface area is 461 Å². The van der Waals surface area contributed by atoms with Crippen molar-refractivity contribution in [2.75, 3.05) is 92.1 Å². The molecule has 3 aliphatic rings. The quantitative estimate of drug-likeness (QED) is 0.0485. The molecular formula is C57H68ClN5O10P2S2. The molecule has 0 radical (unpaired) electrons. The number of likely N-dealkylation sites (tertiary alicyclic amines) is 1. The summed E-state index contributed by atoms with van der Waals surface area (Å²) >= 11 is 8.03. The molecule has 0 unspecified atom stereocenters. The molecule has 0 amide bonds. The Balaban J connectivity index is 0.879. The summed E-state index contributed by atoms with van der Waals surface area (Å²) in [6.07, 6.45) is 4.04. The third kappa shape index (κ3) is 13.4. The van der Waals surface area contributed by atoms with Crippen LogP contribution >= 0.6 is 38.7 Å². The first-order chi connectivity index (χ1) is 36.8. The molecule has 2 atom stereocenters. The van der Waals surface area contributed by atoms with E-state index in [0.717, 1.165) is 104 Å². The first kappa shape index (κ1) is 56.8. The van der Waals surface area contributed by atoms with Gasteiger partial charge in [0.1, 0.15) is 0 Å². The number of hydrogen-bond donors (Lipinski definition) is 3. The summed E-state index contributed by atoms with van der Waals surface area (Å²) in [5.41, 5.74) is 7.63. The van der Waals surface area contributed by atoms with Gasteiger partial charge < -0.3 is 38.7 Å². The van der Waals surface area contributed by atoms with Crippen LogP contribution in [0, 0.1) is 18.8 Å². The minimum atomic E-state index is -4.52. The van der Waals surface area contributed by atoms with Gasteiger partial charge in [-0.05, 0) is 167 Å². The number of carboxylic acid groups (broad SMARTS) is 1. The van der Waals surface area contributed by atoms with E-state index in [1.807, 2.05) is 91.9 Å². The van der Waals surface area contributed by atoms with Crippen molar-refractivity contribution in [3.63, 3.8) is 0 Å². The maximum Gasteiger partial charge on any atom is 0.469 e. The molecule has 77 heavy (non-hydrogen) atoms. The van der Waals surface area contributed by atoms with Gasteiger partial charge >= 0.3 is 21.3 Å². The van der Waals surface area contributed by atoms with E-state index in [-0.39, 0.29) is 41.6 Å². The van der Waals surface area contributed by atoms with Gasteiger partial charge in [0.25, 0.3) is 0 Å². The minimum absolute atomic E-state index is 0.00884. The van der Waals surface area contributed by atoms with Crippen LogP contribution in [0.25, 0.3) is 22.4 Å². The smallest absolute Gasteiger partial charge is 0.469 e. The number of anilines is 3. The molecule has 1 aromatic heterocycles. The monoisotopic (exact) mass is 1140 g/mol. The molecule has 15 nitrogen and oxygen atoms in total. The van der Waals surface area contributed by atoms with Crippen LogP contribution in [0.15, 0.2) is 131 Å². The van der Waals surface area contributed by atoms with Crippen molar-refractivity contribution >= 4 is 76.9 Å². The maximum atomic E-state index is 15.1. The van der Waals surface area contributed by atoms with Crippen molar-refractivity contribution in [1.82, 2.24) is 9.47 Å². The second kappa shape index (κ2) is 24.2. The van der Waals surface area contributed by atoms with E-state index in [2.05, 4.69) is 57.4 Å². The van der Waals surface area contributed by atoms with Gasteiger partial charge in [-0.15, -0.1) is 11.8 Å². The van der Waals surface area contributed by atoms with Crippen molar-refractivity contribution in [2.24, 2.45) is 11.8 Å². The van der Waals surface area contributed by atoms with Crippen molar-refractivity contribution in [1.29, 1.82) is 0 Å². The number of nitrogens with zero attached hydrogens (tertiary/aromatic N) is 5. The number of piperidine rings is 1. The Kier molecular flexibility index (Phi) is 17.9. The zero-order valence-electron chi connectivity index (χ0n) is 43.9. The second-order valence-corrected chi connectivity index (χ2v) is 27.6. The number of rotatable bonds is 20. The van der Waals surface area contributed by atoms with Crippen LogP contribution in [0.4, 0.5) is 17.1 Å². The summed E-state index contributed by atoms with van der Waals surface area (Å²) in [5, 5.41) is 11.5. The van der Waals surface area contributed by atoms with E-state index in [1.54, 1.807) is 28.6 Å². The molecular weight excluding hydrogens is 1080 g/mol. The molecule has 20 heteroatoms. The summed E-state index contributed by atoms with van der Waals surface area (Å²) < 4.78 is 68.4. The normalized spacial score (nSPS) is 18.4. The predicted octanol–water partition coefficient (Wildman–Crippen LogP) is 11.3. The van der Waals surface area contributed by atoms with Crippen molar-refractivity contribution in [3.05, 3.63) is 143 Å². The molecule has 0 aliphatic carbocycles. The molecule has 9 rings (SSSR count). The number of halogens is 1. The molecule has 3 N–H and O–H groups in total. The van der Waals surface area contributed by atoms with Crippen LogP contribution in [0.3, 0.4) is 0 Å². The van der Waals surface area contributed by atoms with Gasteiger partial charge in [0.2, 0.25) is 0 Å². The molecule has 0 saturated carbocycles. The third-order valence-corrected chi connectivity index (χ3v) is 20.7. The molecule has 3 fully saturated rings. The van der Waals surface area contributed by atoms with Gasteiger partial charge in [0.05, 0.1) is 41.2 Å². The summed E-state index contributed by atoms with van der Waals surface area (Å²) in [4.78, 5) is 39.6. The van der Waals surface area contributed by atoms with Crippen molar-refractivity contribution < 1.29 is 46.3 Å². The average Bonchev–Trinajstić information content (AvgIpc) is 3.99. The first-order valence-corrected chi connectivity index (χ1v) is 32.5. The van der Waals surface area contributed by atoms with Gasteiger partial charge in [-0.3, -0.25) is 13.8 Å². The van der Waals surface area contributed by atoms with Crippen molar-refractivity contribution in [3.8, 4) is 22.4 Å². The number of aromatic nitrogens is 1. The third-order valence-electron chi connectivity index (χ3n) is 15.0. The number of aromatic carboxylic acids is 1. The predicted molar refractivity (Wildman–Crippen MR) is 309 cm³/mol. The fourth-order valence-corrected chi connectivity index (χ4v) is 16.0. The first-order valence-electron chi connectivity index (χ1n) is 26.2. The SMILES string of the molecule is Cc1c(C(=O)O)c(-c2cccc(N3CCN(c4ccc(N5CCO[P@@]5(=O)c5ccc(C[C@H](CCN6CCC(COP(=O)(O)O)CC6)CSc6ccccc6)c(S(C)(=O)=O)c5)cc4)CC3)c2)c(-c2ccc(Cl)cc2)n1C(C)C. The van der Waals surface area contributed by atoms with Gasteiger partial charge in [-0.2, -0.15) is 0 Å². The summed E-state index contributed by atoms with van der Waals surface area (Å²) in [5.74, 6) is -0.0356. The van der Waals surface area contributed by atoms with Crippen LogP contribution in [0.5, 0.6) is 0 Å². The fraction of sp³-hybridized carbons (Fsp3) is 0.386. The van der Waals surface area contributed by atoms with Crippen molar-refractivity contribution in [2.45, 2.75) is 62.3 Å². The highest BCUT2D eigenvalue weighted by Crippen LogP contribution is 2.56. The molecule has 410 valence electrons. The van der Waals surface area contributed by atoms with E-state index >= 15 is 4.57 Å². The fourth-order valence-electron chi connectivity index (χ4n) is 11.1. The maximum absolute atomic E-state index is 15.1.